The Bertz CT molecular complexity index is 373. The summed E-state index contributed by atoms with van der Waals surface area (Å²) in [6.07, 6.45) is 1.12. The first kappa shape index (κ1) is 12.4. The fourth-order valence-electron chi connectivity index (χ4n) is 2.29. The van der Waals surface area contributed by atoms with E-state index in [9.17, 15) is 0 Å². The van der Waals surface area contributed by atoms with Crippen LogP contribution < -0.4 is 4.74 Å². The first-order valence-electron chi connectivity index (χ1n) is 6.66. The van der Waals surface area contributed by atoms with Crippen LogP contribution in [-0.4, -0.2) is 24.6 Å². The zero-order valence-electron chi connectivity index (χ0n) is 11.2. The molecule has 1 aromatic rings. The highest BCUT2D eigenvalue weighted by molar-refractivity contribution is 5.41. The molecule has 2 rings (SSSR count). The van der Waals surface area contributed by atoms with Crippen molar-refractivity contribution in [2.75, 3.05) is 19.7 Å². The van der Waals surface area contributed by atoms with Gasteiger partial charge in [0.1, 0.15) is 5.75 Å². The lowest BCUT2D eigenvalue weighted by molar-refractivity contribution is 0.248. The second-order valence-electron chi connectivity index (χ2n) is 5.22. The van der Waals surface area contributed by atoms with Gasteiger partial charge in [-0.3, -0.25) is 4.90 Å². The van der Waals surface area contributed by atoms with Crippen LogP contribution in [0.4, 0.5) is 0 Å². The number of hydrogen-bond donors (Lipinski definition) is 0. The van der Waals surface area contributed by atoms with Crippen molar-refractivity contribution in [2.24, 2.45) is 5.92 Å². The van der Waals surface area contributed by atoms with Crippen LogP contribution in [0.3, 0.4) is 0 Å². The molecule has 1 aliphatic rings. The minimum absolute atomic E-state index is 0.585. The van der Waals surface area contributed by atoms with Gasteiger partial charge in [-0.05, 0) is 36.1 Å². The lowest BCUT2D eigenvalue weighted by Crippen LogP contribution is -2.30. The molecule has 94 valence electrons. The highest BCUT2D eigenvalue weighted by atomic mass is 16.5. The van der Waals surface area contributed by atoms with Crippen LogP contribution in [0.15, 0.2) is 18.2 Å². The highest BCUT2D eigenvalue weighted by Crippen LogP contribution is 2.28. The Kier molecular flexibility index (Phi) is 4.06. The van der Waals surface area contributed by atoms with Crippen LogP contribution >= 0.6 is 0 Å². The van der Waals surface area contributed by atoms with Crippen molar-refractivity contribution in [3.63, 3.8) is 0 Å². The van der Waals surface area contributed by atoms with Crippen molar-refractivity contribution in [3.8, 4) is 5.75 Å². The number of nitrogens with zero attached hydrogens (tertiary/aromatic N) is 1. The molecule has 2 nitrogen and oxygen atoms in total. The number of hydrogen-bond acceptors (Lipinski definition) is 2. The van der Waals surface area contributed by atoms with E-state index in [4.69, 9.17) is 4.74 Å². The highest BCUT2D eigenvalue weighted by Gasteiger charge is 2.18. The smallest absolute Gasteiger partial charge is 0.122 e. The Balaban J connectivity index is 2.14. The molecule has 0 radical (unpaired) electrons. The number of benzene rings is 1. The lowest BCUT2D eigenvalue weighted by Gasteiger charge is -2.28. The van der Waals surface area contributed by atoms with E-state index >= 15 is 0 Å². The maximum Gasteiger partial charge on any atom is 0.122 e. The van der Waals surface area contributed by atoms with Gasteiger partial charge < -0.3 is 4.74 Å². The average molecular weight is 233 g/mol. The predicted molar refractivity (Wildman–Crippen MR) is 71.4 cm³/mol. The summed E-state index contributed by atoms with van der Waals surface area (Å²) in [5.74, 6) is 1.69. The van der Waals surface area contributed by atoms with Crippen molar-refractivity contribution in [1.82, 2.24) is 4.90 Å². The van der Waals surface area contributed by atoms with E-state index in [1.807, 2.05) is 0 Å². The topological polar surface area (TPSA) is 12.5 Å². The van der Waals surface area contributed by atoms with E-state index in [2.05, 4.69) is 43.9 Å². The van der Waals surface area contributed by atoms with Gasteiger partial charge in [0.15, 0.2) is 0 Å². The fraction of sp³-hybridized carbons (Fsp3) is 0.600. The molecule has 0 atom stereocenters. The molecule has 1 aromatic carbocycles. The Hall–Kier alpha value is -1.02. The summed E-state index contributed by atoms with van der Waals surface area (Å²) in [6, 6.07) is 6.47. The largest absolute Gasteiger partial charge is 0.493 e. The van der Waals surface area contributed by atoms with Crippen LogP contribution in [0.2, 0.25) is 0 Å². The van der Waals surface area contributed by atoms with Gasteiger partial charge in [-0.25, -0.2) is 0 Å². The van der Waals surface area contributed by atoms with Crippen LogP contribution in [0.25, 0.3) is 0 Å². The minimum atomic E-state index is 0.585. The molecule has 17 heavy (non-hydrogen) atoms. The molecule has 0 fully saturated rings. The quantitative estimate of drug-likeness (QED) is 0.792. The first-order valence-corrected chi connectivity index (χ1v) is 6.66. The molecule has 0 saturated heterocycles. The molecule has 1 aliphatic heterocycles. The van der Waals surface area contributed by atoms with Gasteiger partial charge in [-0.2, -0.15) is 0 Å². The maximum absolute atomic E-state index is 5.92. The molecule has 1 heterocycles. The second-order valence-corrected chi connectivity index (χ2v) is 5.22. The van der Waals surface area contributed by atoms with Crippen molar-refractivity contribution in [1.29, 1.82) is 0 Å². The summed E-state index contributed by atoms with van der Waals surface area (Å²) in [5.41, 5.74) is 2.87. The maximum atomic E-state index is 5.92. The minimum Gasteiger partial charge on any atom is -0.493 e. The zero-order valence-corrected chi connectivity index (χ0v) is 11.2. The molecule has 2 heteroatoms. The average Bonchev–Trinajstić information content (AvgIpc) is 2.35. The van der Waals surface area contributed by atoms with Gasteiger partial charge in [0.25, 0.3) is 0 Å². The molecule has 0 aliphatic carbocycles. The Morgan fingerprint density at radius 3 is 2.88 bits per heavy atom. The van der Waals surface area contributed by atoms with E-state index in [1.165, 1.54) is 11.1 Å². The number of rotatable bonds is 4. The number of ether oxygens (including phenoxy) is 1. The lowest BCUT2D eigenvalue weighted by atomic mass is 9.99. The molecule has 0 N–H and O–H groups in total. The monoisotopic (exact) mass is 233 g/mol. The molecule has 0 bridgehead atoms. The zero-order chi connectivity index (χ0) is 12.3. The van der Waals surface area contributed by atoms with Crippen LogP contribution in [0, 0.1) is 5.92 Å². The molecule has 0 aromatic heterocycles. The van der Waals surface area contributed by atoms with Crippen molar-refractivity contribution in [3.05, 3.63) is 29.3 Å². The first-order chi connectivity index (χ1) is 8.20. The van der Waals surface area contributed by atoms with Gasteiger partial charge in [0.05, 0.1) is 6.61 Å². The summed E-state index contributed by atoms with van der Waals surface area (Å²) in [6.45, 7) is 10.8. The van der Waals surface area contributed by atoms with Gasteiger partial charge in [0.2, 0.25) is 0 Å². The van der Waals surface area contributed by atoms with E-state index in [0.29, 0.717) is 5.92 Å². The van der Waals surface area contributed by atoms with Crippen molar-refractivity contribution in [2.45, 2.75) is 33.7 Å². The van der Waals surface area contributed by atoms with Gasteiger partial charge in [0, 0.05) is 13.1 Å². The van der Waals surface area contributed by atoms with E-state index in [0.717, 1.165) is 38.4 Å². The Morgan fingerprint density at radius 2 is 2.18 bits per heavy atom. The van der Waals surface area contributed by atoms with Crippen LogP contribution in [0.1, 0.15) is 31.9 Å². The normalized spacial score (nSPS) is 16.0. The van der Waals surface area contributed by atoms with E-state index < -0.39 is 0 Å². The third-order valence-corrected chi connectivity index (χ3v) is 3.32. The van der Waals surface area contributed by atoms with E-state index in [-0.39, 0.29) is 0 Å². The molecular weight excluding hydrogens is 210 g/mol. The van der Waals surface area contributed by atoms with Gasteiger partial charge in [-0.1, -0.05) is 32.9 Å². The van der Waals surface area contributed by atoms with Crippen LogP contribution in [0.5, 0.6) is 5.75 Å². The number of likely N-dealkylation sites (N-methyl/N-ethyl adjacent to an activating group) is 1. The van der Waals surface area contributed by atoms with E-state index in [1.54, 1.807) is 0 Å². The molecule has 0 unspecified atom stereocenters. The standard InChI is InChI=1S/C15H23NO/c1-4-16-9-8-14-13(10-16)6-5-7-15(14)17-11-12(2)3/h5-7,12H,4,8-11H2,1-3H3. The third kappa shape index (κ3) is 3.01. The molecule has 0 amide bonds. The Morgan fingerprint density at radius 1 is 1.35 bits per heavy atom. The van der Waals surface area contributed by atoms with Crippen molar-refractivity contribution < 1.29 is 4.74 Å². The van der Waals surface area contributed by atoms with Gasteiger partial charge in [-0.15, -0.1) is 0 Å². The summed E-state index contributed by atoms with van der Waals surface area (Å²) >= 11 is 0. The number of fused-ring (bicyclic) bond motifs is 1. The van der Waals surface area contributed by atoms with Crippen LogP contribution in [-0.2, 0) is 13.0 Å². The SMILES string of the molecule is CCN1CCc2c(cccc2OCC(C)C)C1. The third-order valence-electron chi connectivity index (χ3n) is 3.32. The van der Waals surface area contributed by atoms with Gasteiger partial charge >= 0.3 is 0 Å². The summed E-state index contributed by atoms with van der Waals surface area (Å²) in [4.78, 5) is 2.48. The predicted octanol–water partition coefficient (Wildman–Crippen LogP) is 3.10. The summed E-state index contributed by atoms with van der Waals surface area (Å²) in [5, 5.41) is 0. The Labute approximate surface area is 105 Å². The molecule has 0 saturated carbocycles. The molecule has 0 spiro atoms. The molecular formula is C15H23NO. The van der Waals surface area contributed by atoms with Crippen molar-refractivity contribution >= 4 is 0 Å². The summed E-state index contributed by atoms with van der Waals surface area (Å²) < 4.78 is 5.92. The summed E-state index contributed by atoms with van der Waals surface area (Å²) in [7, 11) is 0. The fourth-order valence-corrected chi connectivity index (χ4v) is 2.29. The second kappa shape index (κ2) is 5.54.